The molecular formula is C17H16FN5O. The first-order valence-electron chi connectivity index (χ1n) is 7.53. The number of benzene rings is 1. The van der Waals surface area contributed by atoms with Crippen LogP contribution in [0.15, 0.2) is 48.8 Å². The van der Waals surface area contributed by atoms with E-state index < -0.39 is 0 Å². The summed E-state index contributed by atoms with van der Waals surface area (Å²) in [5, 5.41) is 9.80. The Hall–Kier alpha value is -3.09. The molecule has 0 aliphatic heterocycles. The van der Waals surface area contributed by atoms with Gasteiger partial charge in [0.1, 0.15) is 11.6 Å². The van der Waals surface area contributed by atoms with E-state index in [9.17, 15) is 9.18 Å². The van der Waals surface area contributed by atoms with Crippen LogP contribution in [0.25, 0.3) is 11.4 Å². The van der Waals surface area contributed by atoms with Gasteiger partial charge in [-0.2, -0.15) is 5.10 Å². The molecule has 6 nitrogen and oxygen atoms in total. The van der Waals surface area contributed by atoms with Crippen molar-refractivity contribution in [3.8, 4) is 11.4 Å². The first-order chi connectivity index (χ1) is 11.7. The molecule has 3 rings (SSSR count). The average molecular weight is 325 g/mol. The molecule has 0 bridgehead atoms. The number of hydrogen-bond acceptors (Lipinski definition) is 4. The SMILES string of the molecule is O=C(Cc1ccc(F)cc1)NCCc1nc(-c2cccnc2)n[nH]1. The Morgan fingerprint density at radius 1 is 1.21 bits per heavy atom. The van der Waals surface area contributed by atoms with Gasteiger partial charge >= 0.3 is 0 Å². The van der Waals surface area contributed by atoms with Crippen molar-refractivity contribution >= 4 is 5.91 Å². The number of H-pyrrole nitrogens is 1. The number of nitrogens with zero attached hydrogens (tertiary/aromatic N) is 3. The highest BCUT2D eigenvalue weighted by molar-refractivity contribution is 5.78. The molecule has 1 aromatic carbocycles. The lowest BCUT2D eigenvalue weighted by molar-refractivity contribution is -0.120. The van der Waals surface area contributed by atoms with Crippen LogP contribution in [0.2, 0.25) is 0 Å². The zero-order chi connectivity index (χ0) is 16.8. The molecule has 0 unspecified atom stereocenters. The van der Waals surface area contributed by atoms with Crippen LogP contribution >= 0.6 is 0 Å². The van der Waals surface area contributed by atoms with Gasteiger partial charge in [-0.1, -0.05) is 12.1 Å². The molecule has 0 spiro atoms. The van der Waals surface area contributed by atoms with Gasteiger partial charge in [0.05, 0.1) is 6.42 Å². The van der Waals surface area contributed by atoms with Gasteiger partial charge in [-0.15, -0.1) is 0 Å². The maximum atomic E-state index is 12.8. The molecular weight excluding hydrogens is 309 g/mol. The Labute approximate surface area is 138 Å². The molecule has 122 valence electrons. The molecule has 0 saturated carbocycles. The lowest BCUT2D eigenvalue weighted by atomic mass is 10.1. The molecule has 0 aliphatic rings. The minimum atomic E-state index is -0.311. The first-order valence-corrected chi connectivity index (χ1v) is 7.53. The molecule has 0 saturated heterocycles. The van der Waals surface area contributed by atoms with Crippen LogP contribution in [-0.4, -0.2) is 32.6 Å². The van der Waals surface area contributed by atoms with Crippen LogP contribution in [-0.2, 0) is 17.6 Å². The summed E-state index contributed by atoms with van der Waals surface area (Å²) in [6.45, 7) is 0.446. The lowest BCUT2D eigenvalue weighted by Gasteiger charge is -2.04. The summed E-state index contributed by atoms with van der Waals surface area (Å²) in [7, 11) is 0. The largest absolute Gasteiger partial charge is 0.355 e. The van der Waals surface area contributed by atoms with Crippen LogP contribution in [0.4, 0.5) is 4.39 Å². The number of carbonyl (C=O) groups excluding carboxylic acids is 1. The van der Waals surface area contributed by atoms with E-state index in [-0.39, 0.29) is 18.1 Å². The Bertz CT molecular complexity index is 801. The lowest BCUT2D eigenvalue weighted by Crippen LogP contribution is -2.27. The summed E-state index contributed by atoms with van der Waals surface area (Å²) in [5.41, 5.74) is 1.60. The molecule has 2 aromatic heterocycles. The number of nitrogens with one attached hydrogen (secondary N) is 2. The number of amides is 1. The number of pyridine rings is 1. The molecule has 0 aliphatic carbocycles. The fourth-order valence-corrected chi connectivity index (χ4v) is 2.20. The van der Waals surface area contributed by atoms with Crippen molar-refractivity contribution in [2.24, 2.45) is 0 Å². The monoisotopic (exact) mass is 325 g/mol. The van der Waals surface area contributed by atoms with Crippen molar-refractivity contribution in [2.75, 3.05) is 6.54 Å². The zero-order valence-electron chi connectivity index (χ0n) is 12.9. The van der Waals surface area contributed by atoms with Gasteiger partial charge in [-0.3, -0.25) is 14.9 Å². The summed E-state index contributed by atoms with van der Waals surface area (Å²) in [6.07, 6.45) is 4.14. The van der Waals surface area contributed by atoms with Gasteiger partial charge in [0.2, 0.25) is 5.91 Å². The topological polar surface area (TPSA) is 83.6 Å². The third-order valence-electron chi connectivity index (χ3n) is 3.41. The molecule has 24 heavy (non-hydrogen) atoms. The third-order valence-corrected chi connectivity index (χ3v) is 3.41. The van der Waals surface area contributed by atoms with Crippen LogP contribution in [0.3, 0.4) is 0 Å². The van der Waals surface area contributed by atoms with E-state index in [2.05, 4.69) is 25.5 Å². The van der Waals surface area contributed by atoms with Crippen LogP contribution in [0.1, 0.15) is 11.4 Å². The highest BCUT2D eigenvalue weighted by Gasteiger charge is 2.07. The Balaban J connectivity index is 1.47. The summed E-state index contributed by atoms with van der Waals surface area (Å²) < 4.78 is 12.8. The van der Waals surface area contributed by atoms with Crippen LogP contribution < -0.4 is 5.32 Å². The maximum absolute atomic E-state index is 12.8. The maximum Gasteiger partial charge on any atom is 0.224 e. The fraction of sp³-hybridized carbons (Fsp3) is 0.176. The van der Waals surface area contributed by atoms with Gasteiger partial charge in [-0.25, -0.2) is 9.37 Å². The second-order valence-corrected chi connectivity index (χ2v) is 5.25. The van der Waals surface area contributed by atoms with E-state index >= 15 is 0 Å². The summed E-state index contributed by atoms with van der Waals surface area (Å²) in [4.78, 5) is 20.3. The minimum Gasteiger partial charge on any atom is -0.355 e. The van der Waals surface area contributed by atoms with E-state index in [1.165, 1.54) is 12.1 Å². The molecule has 2 N–H and O–H groups in total. The Morgan fingerprint density at radius 3 is 2.79 bits per heavy atom. The quantitative estimate of drug-likeness (QED) is 0.725. The Morgan fingerprint density at radius 2 is 2.04 bits per heavy atom. The first kappa shape index (κ1) is 15.8. The number of rotatable bonds is 6. The van der Waals surface area contributed by atoms with Gasteiger partial charge < -0.3 is 5.32 Å². The van der Waals surface area contributed by atoms with Crippen molar-refractivity contribution in [1.29, 1.82) is 0 Å². The number of hydrogen-bond donors (Lipinski definition) is 2. The highest BCUT2D eigenvalue weighted by atomic mass is 19.1. The van der Waals surface area contributed by atoms with E-state index in [4.69, 9.17) is 0 Å². The number of carbonyl (C=O) groups is 1. The second kappa shape index (κ2) is 7.45. The van der Waals surface area contributed by atoms with Gasteiger partial charge in [-0.05, 0) is 29.8 Å². The summed E-state index contributed by atoms with van der Waals surface area (Å²) >= 11 is 0. The normalized spacial score (nSPS) is 10.5. The molecule has 0 fully saturated rings. The second-order valence-electron chi connectivity index (χ2n) is 5.25. The summed E-state index contributed by atoms with van der Waals surface area (Å²) in [6, 6.07) is 9.59. The standard InChI is InChI=1S/C17H16FN5O/c18-14-5-3-12(4-6-14)10-16(24)20-9-7-15-21-17(23-22-15)13-2-1-8-19-11-13/h1-6,8,11H,7,9-10H2,(H,20,24)(H,21,22,23). The number of aromatic nitrogens is 4. The predicted molar refractivity (Wildman–Crippen MR) is 86.4 cm³/mol. The zero-order valence-corrected chi connectivity index (χ0v) is 12.9. The number of aromatic amines is 1. The predicted octanol–water partition coefficient (Wildman–Crippen LogP) is 1.91. The smallest absolute Gasteiger partial charge is 0.224 e. The van der Waals surface area contributed by atoms with Crippen LogP contribution in [0, 0.1) is 5.82 Å². The average Bonchev–Trinajstić information content (AvgIpc) is 3.07. The fourth-order valence-electron chi connectivity index (χ4n) is 2.20. The molecule has 7 heteroatoms. The third kappa shape index (κ3) is 4.22. The number of halogens is 1. The van der Waals surface area contributed by atoms with E-state index in [0.29, 0.717) is 24.6 Å². The summed E-state index contributed by atoms with van der Waals surface area (Å²) in [5.74, 6) is 0.842. The minimum absolute atomic E-state index is 0.117. The molecule has 2 heterocycles. The van der Waals surface area contributed by atoms with Crippen LogP contribution in [0.5, 0.6) is 0 Å². The van der Waals surface area contributed by atoms with Crippen molar-refractivity contribution < 1.29 is 9.18 Å². The van der Waals surface area contributed by atoms with Crippen molar-refractivity contribution in [3.63, 3.8) is 0 Å². The molecule has 3 aromatic rings. The molecule has 1 amide bonds. The van der Waals surface area contributed by atoms with Gasteiger partial charge in [0.25, 0.3) is 0 Å². The van der Waals surface area contributed by atoms with E-state index in [1.807, 2.05) is 12.1 Å². The van der Waals surface area contributed by atoms with Crippen molar-refractivity contribution in [2.45, 2.75) is 12.8 Å². The van der Waals surface area contributed by atoms with Gasteiger partial charge in [0, 0.05) is 30.9 Å². The Kier molecular flexibility index (Phi) is 4.90. The molecule has 0 atom stereocenters. The van der Waals surface area contributed by atoms with Crippen molar-refractivity contribution in [3.05, 3.63) is 66.0 Å². The van der Waals surface area contributed by atoms with E-state index in [0.717, 1.165) is 11.1 Å². The molecule has 0 radical (unpaired) electrons. The van der Waals surface area contributed by atoms with Gasteiger partial charge in [0.15, 0.2) is 5.82 Å². The van der Waals surface area contributed by atoms with E-state index in [1.54, 1.807) is 24.5 Å². The van der Waals surface area contributed by atoms with Crippen molar-refractivity contribution in [1.82, 2.24) is 25.5 Å². The highest BCUT2D eigenvalue weighted by Crippen LogP contribution is 2.11.